The van der Waals surface area contributed by atoms with E-state index in [0.717, 1.165) is 88.7 Å². The molecule has 0 saturated heterocycles. The minimum absolute atomic E-state index is 0.579. The molecule has 2 aromatic heterocycles. The van der Waals surface area contributed by atoms with Crippen LogP contribution in [0.5, 0.6) is 0 Å². The van der Waals surface area contributed by atoms with E-state index in [0.29, 0.717) is 17.5 Å². The Morgan fingerprint density at radius 2 is 0.689 bits per heavy atom. The van der Waals surface area contributed by atoms with E-state index >= 15 is 0 Å². The first-order chi connectivity index (χ1) is 30.2. The van der Waals surface area contributed by atoms with Gasteiger partial charge in [0.2, 0.25) is 0 Å². The second-order valence-corrected chi connectivity index (χ2v) is 15.1. The van der Waals surface area contributed by atoms with Crippen molar-refractivity contribution in [3.8, 4) is 89.8 Å². The molecule has 0 aliphatic carbocycles. The van der Waals surface area contributed by atoms with E-state index in [4.69, 9.17) is 19.4 Å². The highest BCUT2D eigenvalue weighted by Gasteiger charge is 2.21. The molecule has 4 heteroatoms. The van der Waals surface area contributed by atoms with Crippen LogP contribution in [-0.4, -0.2) is 15.0 Å². The molecular formula is C57H37N3O. The monoisotopic (exact) mass is 779 g/mol. The summed E-state index contributed by atoms with van der Waals surface area (Å²) in [6.07, 6.45) is 0. The van der Waals surface area contributed by atoms with Crippen molar-refractivity contribution in [2.75, 3.05) is 0 Å². The average molecular weight is 780 g/mol. The predicted octanol–water partition coefficient (Wildman–Crippen LogP) is 15.1. The maximum absolute atomic E-state index is 6.87. The van der Waals surface area contributed by atoms with E-state index in [1.165, 1.54) is 5.56 Å². The van der Waals surface area contributed by atoms with Gasteiger partial charge >= 0.3 is 0 Å². The molecule has 4 nitrogen and oxygen atoms in total. The molecule has 2 heterocycles. The largest absolute Gasteiger partial charge is 0.455 e. The van der Waals surface area contributed by atoms with Gasteiger partial charge in [0.25, 0.3) is 0 Å². The lowest BCUT2D eigenvalue weighted by Crippen LogP contribution is -2.00. The van der Waals surface area contributed by atoms with Crippen molar-refractivity contribution in [1.82, 2.24) is 15.0 Å². The molecule has 286 valence electrons. The Labute approximate surface area is 354 Å². The lowest BCUT2D eigenvalue weighted by molar-refractivity contribution is 0.670. The molecule has 0 saturated carbocycles. The van der Waals surface area contributed by atoms with Crippen molar-refractivity contribution in [1.29, 1.82) is 0 Å². The molecule has 0 radical (unpaired) electrons. The number of para-hydroxylation sites is 1. The lowest BCUT2D eigenvalue weighted by atomic mass is 9.90. The van der Waals surface area contributed by atoms with E-state index in [-0.39, 0.29) is 0 Å². The Bertz CT molecular complexity index is 3210. The summed E-state index contributed by atoms with van der Waals surface area (Å²) < 4.78 is 6.87. The molecule has 11 rings (SSSR count). The lowest BCUT2D eigenvalue weighted by Gasteiger charge is -2.13. The fraction of sp³-hybridized carbons (Fsp3) is 0. The van der Waals surface area contributed by atoms with Gasteiger partial charge in [0.05, 0.1) is 0 Å². The van der Waals surface area contributed by atoms with Gasteiger partial charge in [-0.15, -0.1) is 0 Å². The van der Waals surface area contributed by atoms with Crippen LogP contribution in [-0.2, 0) is 0 Å². The third-order valence-electron chi connectivity index (χ3n) is 11.4. The number of rotatable bonds is 8. The van der Waals surface area contributed by atoms with Crippen LogP contribution in [0.15, 0.2) is 229 Å². The maximum Gasteiger partial charge on any atom is 0.164 e. The molecule has 0 N–H and O–H groups in total. The fourth-order valence-electron chi connectivity index (χ4n) is 8.33. The SMILES string of the molecule is c1ccc(-c2ccc(-c3nc(-c4ccc(-c5ccccc5)cc4)nc(-c4cccc5oc6c(-c7ccc(-c8ccccc8)cc7-c7ccccc7)cccc6c45)n3)cc2)cc1. The molecular weight excluding hydrogens is 743 g/mol. The number of benzene rings is 9. The molecule has 0 amide bonds. The van der Waals surface area contributed by atoms with E-state index in [9.17, 15) is 0 Å². The third-order valence-corrected chi connectivity index (χ3v) is 11.4. The van der Waals surface area contributed by atoms with Gasteiger partial charge in [-0.25, -0.2) is 15.0 Å². The zero-order chi connectivity index (χ0) is 40.5. The van der Waals surface area contributed by atoms with Crippen LogP contribution in [0.3, 0.4) is 0 Å². The number of hydrogen-bond acceptors (Lipinski definition) is 4. The van der Waals surface area contributed by atoms with Gasteiger partial charge in [-0.2, -0.15) is 0 Å². The Morgan fingerprint density at radius 1 is 0.262 bits per heavy atom. The minimum atomic E-state index is 0.579. The number of hydrogen-bond donors (Lipinski definition) is 0. The van der Waals surface area contributed by atoms with Gasteiger partial charge in [-0.1, -0.05) is 212 Å². The summed E-state index contributed by atoms with van der Waals surface area (Å²) in [6.45, 7) is 0. The summed E-state index contributed by atoms with van der Waals surface area (Å²) in [5.74, 6) is 1.78. The van der Waals surface area contributed by atoms with E-state index in [1.54, 1.807) is 0 Å². The smallest absolute Gasteiger partial charge is 0.164 e. The van der Waals surface area contributed by atoms with Gasteiger partial charge in [-0.3, -0.25) is 0 Å². The van der Waals surface area contributed by atoms with E-state index < -0.39 is 0 Å². The number of aromatic nitrogens is 3. The highest BCUT2D eigenvalue weighted by Crippen LogP contribution is 2.44. The highest BCUT2D eigenvalue weighted by atomic mass is 16.3. The van der Waals surface area contributed by atoms with E-state index in [1.807, 2.05) is 24.3 Å². The maximum atomic E-state index is 6.87. The first kappa shape index (κ1) is 35.9. The topological polar surface area (TPSA) is 51.8 Å². The Kier molecular flexibility index (Phi) is 9.14. The molecule has 0 bridgehead atoms. The van der Waals surface area contributed by atoms with Crippen molar-refractivity contribution in [2.24, 2.45) is 0 Å². The molecule has 0 aliphatic rings. The Morgan fingerprint density at radius 3 is 1.25 bits per heavy atom. The predicted molar refractivity (Wildman–Crippen MR) is 251 cm³/mol. The molecule has 0 spiro atoms. The first-order valence-corrected chi connectivity index (χ1v) is 20.5. The molecule has 0 aliphatic heterocycles. The normalized spacial score (nSPS) is 11.3. The van der Waals surface area contributed by atoms with Gasteiger partial charge in [-0.05, 0) is 62.2 Å². The van der Waals surface area contributed by atoms with Crippen LogP contribution in [0.25, 0.3) is 112 Å². The molecule has 0 unspecified atom stereocenters. The highest BCUT2D eigenvalue weighted by molar-refractivity contribution is 6.15. The van der Waals surface area contributed by atoms with Crippen molar-refractivity contribution < 1.29 is 4.42 Å². The third kappa shape index (κ3) is 6.86. The molecule has 0 atom stereocenters. The van der Waals surface area contributed by atoms with Crippen molar-refractivity contribution >= 4 is 21.9 Å². The minimum Gasteiger partial charge on any atom is -0.455 e. The zero-order valence-electron chi connectivity index (χ0n) is 33.1. The van der Waals surface area contributed by atoms with Crippen molar-refractivity contribution in [2.45, 2.75) is 0 Å². The summed E-state index contributed by atoms with van der Waals surface area (Å²) in [6, 6.07) is 78.1. The summed E-state index contributed by atoms with van der Waals surface area (Å²) >= 11 is 0. The second kappa shape index (κ2) is 15.5. The van der Waals surface area contributed by atoms with Crippen LogP contribution >= 0.6 is 0 Å². The zero-order valence-corrected chi connectivity index (χ0v) is 33.1. The van der Waals surface area contributed by atoms with Crippen LogP contribution < -0.4 is 0 Å². The summed E-state index contributed by atoms with van der Waals surface area (Å²) in [5, 5.41) is 1.96. The molecule has 0 fully saturated rings. The van der Waals surface area contributed by atoms with Crippen LogP contribution in [0.1, 0.15) is 0 Å². The van der Waals surface area contributed by atoms with Crippen LogP contribution in [0, 0.1) is 0 Å². The van der Waals surface area contributed by atoms with E-state index in [2.05, 4.69) is 200 Å². The number of fused-ring (bicyclic) bond motifs is 3. The number of nitrogens with zero attached hydrogens (tertiary/aromatic N) is 3. The standard InChI is InChI=1S/C57H37N3O/c1-5-15-38(16-6-1)41-27-31-44(32-28-41)55-58-56(45-33-29-42(30-34-45)39-17-7-2-8-18-39)60-57(59-55)50-25-14-26-52-53(50)49-24-13-23-48(54(49)61-52)47-36-35-46(40-19-9-3-10-20-40)37-51(47)43-21-11-4-12-22-43/h1-37H. The van der Waals surface area contributed by atoms with Crippen LogP contribution in [0.4, 0.5) is 0 Å². The first-order valence-electron chi connectivity index (χ1n) is 20.5. The molecule has 9 aromatic carbocycles. The molecule has 61 heavy (non-hydrogen) atoms. The van der Waals surface area contributed by atoms with Gasteiger partial charge in [0.1, 0.15) is 11.2 Å². The van der Waals surface area contributed by atoms with Crippen molar-refractivity contribution in [3.05, 3.63) is 224 Å². The Hall–Kier alpha value is -8.21. The summed E-state index contributed by atoms with van der Waals surface area (Å²) in [7, 11) is 0. The fourth-order valence-corrected chi connectivity index (χ4v) is 8.33. The van der Waals surface area contributed by atoms with Gasteiger partial charge in [0, 0.05) is 33.0 Å². The quantitative estimate of drug-likeness (QED) is 0.154. The average Bonchev–Trinajstić information content (AvgIpc) is 3.74. The van der Waals surface area contributed by atoms with Crippen molar-refractivity contribution in [3.63, 3.8) is 0 Å². The summed E-state index contributed by atoms with van der Waals surface area (Å²) in [5.41, 5.74) is 15.6. The number of furan rings is 1. The van der Waals surface area contributed by atoms with Crippen LogP contribution in [0.2, 0.25) is 0 Å². The molecule has 11 aromatic rings. The summed E-state index contributed by atoms with van der Waals surface area (Å²) in [4.78, 5) is 15.5. The Balaban J connectivity index is 1.07. The second-order valence-electron chi connectivity index (χ2n) is 15.1. The van der Waals surface area contributed by atoms with Gasteiger partial charge < -0.3 is 4.42 Å². The van der Waals surface area contributed by atoms with Gasteiger partial charge in [0.15, 0.2) is 17.5 Å².